The lowest BCUT2D eigenvalue weighted by Crippen LogP contribution is -2.47. The largest absolute Gasteiger partial charge is 0.401 e. The molecule has 3 heterocycles. The first-order valence-electron chi connectivity index (χ1n) is 10.7. The molecule has 1 unspecified atom stereocenters. The number of pyridine rings is 1. The molecular formula is C23H26BrF3N4O. The third-order valence-corrected chi connectivity index (χ3v) is 6.54. The van der Waals surface area contributed by atoms with Gasteiger partial charge >= 0.3 is 6.18 Å². The monoisotopic (exact) mass is 510 g/mol. The molecule has 0 spiro atoms. The van der Waals surface area contributed by atoms with Crippen molar-refractivity contribution in [2.24, 2.45) is 0 Å². The summed E-state index contributed by atoms with van der Waals surface area (Å²) in [6.45, 7) is 1.48. The predicted molar refractivity (Wildman–Crippen MR) is 120 cm³/mol. The second kappa shape index (κ2) is 9.49. The van der Waals surface area contributed by atoms with Crippen LogP contribution in [0, 0.1) is 5.41 Å². The molecule has 5 nitrogen and oxygen atoms in total. The molecule has 4 rings (SSSR count). The lowest BCUT2D eigenvalue weighted by atomic mass is 9.79. The molecule has 2 N–H and O–H groups in total. The van der Waals surface area contributed by atoms with Crippen LogP contribution in [-0.2, 0) is 4.74 Å². The zero-order valence-corrected chi connectivity index (χ0v) is 19.3. The SMILES string of the molecule is C[C@@H]1CC2=C(C=CC(=N)/C2=C\NC2CCCCO2)[C@@H](c2ccc(Br)cn2)N1CC(F)(F)F. The summed E-state index contributed by atoms with van der Waals surface area (Å²) in [5, 5.41) is 11.7. The average molecular weight is 511 g/mol. The number of halogens is 4. The van der Waals surface area contributed by atoms with E-state index in [0.29, 0.717) is 30.0 Å². The van der Waals surface area contributed by atoms with E-state index in [4.69, 9.17) is 10.1 Å². The highest BCUT2D eigenvalue weighted by Crippen LogP contribution is 2.44. The second-order valence-electron chi connectivity index (χ2n) is 8.41. The van der Waals surface area contributed by atoms with E-state index in [9.17, 15) is 13.2 Å². The van der Waals surface area contributed by atoms with Gasteiger partial charge in [-0.25, -0.2) is 0 Å². The topological polar surface area (TPSA) is 61.2 Å². The van der Waals surface area contributed by atoms with Crippen molar-refractivity contribution >= 4 is 21.6 Å². The Morgan fingerprint density at radius 3 is 2.78 bits per heavy atom. The van der Waals surface area contributed by atoms with Crippen LogP contribution < -0.4 is 5.32 Å². The zero-order valence-electron chi connectivity index (χ0n) is 17.8. The Bertz CT molecular complexity index is 949. The fourth-order valence-electron chi connectivity index (χ4n) is 4.56. The van der Waals surface area contributed by atoms with Crippen molar-refractivity contribution in [2.75, 3.05) is 13.2 Å². The maximum atomic E-state index is 13.5. The van der Waals surface area contributed by atoms with Gasteiger partial charge in [-0.1, -0.05) is 6.08 Å². The first-order chi connectivity index (χ1) is 15.2. The summed E-state index contributed by atoms with van der Waals surface area (Å²) < 4.78 is 46.9. The minimum Gasteiger partial charge on any atom is -0.366 e. The Labute approximate surface area is 194 Å². The third-order valence-electron chi connectivity index (χ3n) is 6.07. The maximum Gasteiger partial charge on any atom is 0.401 e. The first-order valence-corrected chi connectivity index (χ1v) is 11.5. The summed E-state index contributed by atoms with van der Waals surface area (Å²) in [6, 6.07) is 2.52. The molecule has 0 saturated carbocycles. The van der Waals surface area contributed by atoms with Crippen molar-refractivity contribution < 1.29 is 17.9 Å². The van der Waals surface area contributed by atoms with E-state index in [1.807, 2.05) is 0 Å². The van der Waals surface area contributed by atoms with Crippen molar-refractivity contribution in [1.82, 2.24) is 15.2 Å². The fraction of sp³-hybridized carbons (Fsp3) is 0.478. The summed E-state index contributed by atoms with van der Waals surface area (Å²) in [6.07, 6.45) is 5.82. The van der Waals surface area contributed by atoms with E-state index in [2.05, 4.69) is 26.2 Å². The van der Waals surface area contributed by atoms with Crippen LogP contribution in [-0.4, -0.2) is 47.2 Å². The number of hydrogen-bond acceptors (Lipinski definition) is 5. The molecule has 1 aromatic heterocycles. The molecule has 9 heteroatoms. The normalized spacial score (nSPS) is 28.2. The quantitative estimate of drug-likeness (QED) is 0.567. The van der Waals surface area contributed by atoms with Gasteiger partial charge in [0.1, 0.15) is 6.23 Å². The molecule has 32 heavy (non-hydrogen) atoms. The lowest BCUT2D eigenvalue weighted by molar-refractivity contribution is -0.155. The molecule has 172 valence electrons. The molecule has 3 atom stereocenters. The molecule has 1 aromatic rings. The van der Waals surface area contributed by atoms with E-state index in [1.54, 1.807) is 43.6 Å². The summed E-state index contributed by atoms with van der Waals surface area (Å²) in [7, 11) is 0. The highest BCUT2D eigenvalue weighted by Gasteiger charge is 2.43. The van der Waals surface area contributed by atoms with Crippen LogP contribution in [0.2, 0.25) is 0 Å². The predicted octanol–water partition coefficient (Wildman–Crippen LogP) is 5.43. The summed E-state index contributed by atoms with van der Waals surface area (Å²) in [5.41, 5.74) is 3.25. The van der Waals surface area contributed by atoms with E-state index < -0.39 is 18.8 Å². The van der Waals surface area contributed by atoms with Crippen LogP contribution in [0.25, 0.3) is 0 Å². The summed E-state index contributed by atoms with van der Waals surface area (Å²) in [5.74, 6) is 0. The van der Waals surface area contributed by atoms with Gasteiger partial charge in [0.2, 0.25) is 0 Å². The van der Waals surface area contributed by atoms with Crippen molar-refractivity contribution in [3.8, 4) is 0 Å². The van der Waals surface area contributed by atoms with Gasteiger partial charge in [0.25, 0.3) is 0 Å². The number of allylic oxidation sites excluding steroid dienone is 2. The third kappa shape index (κ3) is 5.15. The van der Waals surface area contributed by atoms with E-state index in [1.165, 1.54) is 4.90 Å². The number of rotatable bonds is 4. The van der Waals surface area contributed by atoms with Crippen LogP contribution >= 0.6 is 15.9 Å². The minimum atomic E-state index is -4.33. The summed E-state index contributed by atoms with van der Waals surface area (Å²) >= 11 is 3.35. The number of nitrogens with one attached hydrogen (secondary N) is 2. The van der Waals surface area contributed by atoms with Gasteiger partial charge in [-0.05, 0) is 77.9 Å². The van der Waals surface area contributed by atoms with Gasteiger partial charge < -0.3 is 15.5 Å². The van der Waals surface area contributed by atoms with Crippen LogP contribution in [0.4, 0.5) is 13.2 Å². The standard InChI is InChI=1S/C23H26BrF3N4O/c1-14-10-17-16(6-7-19(28)18(17)12-30-21-4-2-3-9-32-21)22(31(14)13-23(25,26)27)20-8-5-15(24)11-29-20/h5-8,11-12,14,21-22,28,30H,2-4,9-10,13H2,1H3/b18-12-,28-19?/t14-,21?,22+/m1/s1. The minimum absolute atomic E-state index is 0.106. The van der Waals surface area contributed by atoms with E-state index in [0.717, 1.165) is 34.9 Å². The number of nitrogens with zero attached hydrogens (tertiary/aromatic N) is 2. The molecule has 0 radical (unpaired) electrons. The summed E-state index contributed by atoms with van der Waals surface area (Å²) in [4.78, 5) is 5.90. The Balaban J connectivity index is 1.74. The Morgan fingerprint density at radius 2 is 2.12 bits per heavy atom. The van der Waals surface area contributed by atoms with Crippen LogP contribution in [0.1, 0.15) is 44.3 Å². The molecule has 0 amide bonds. The Kier molecular flexibility index (Phi) is 6.88. The maximum absolute atomic E-state index is 13.5. The van der Waals surface area contributed by atoms with Crippen molar-refractivity contribution in [3.05, 3.63) is 63.6 Å². The zero-order chi connectivity index (χ0) is 22.9. The molecule has 2 aliphatic heterocycles. The molecular weight excluding hydrogens is 485 g/mol. The van der Waals surface area contributed by atoms with Crippen molar-refractivity contribution in [2.45, 2.75) is 57.1 Å². The number of aromatic nitrogens is 1. The Hall–Kier alpha value is -1.97. The molecule has 1 saturated heterocycles. The van der Waals surface area contributed by atoms with Gasteiger partial charge in [0.05, 0.1) is 24.0 Å². The van der Waals surface area contributed by atoms with E-state index in [-0.39, 0.29) is 12.3 Å². The first kappa shape index (κ1) is 23.2. The van der Waals surface area contributed by atoms with Gasteiger partial charge in [-0.3, -0.25) is 9.88 Å². The van der Waals surface area contributed by atoms with Crippen LogP contribution in [0.15, 0.2) is 57.9 Å². The smallest absolute Gasteiger partial charge is 0.366 e. The van der Waals surface area contributed by atoms with Gasteiger partial charge in [-0.2, -0.15) is 13.2 Å². The molecule has 0 aromatic carbocycles. The number of alkyl halides is 3. The van der Waals surface area contributed by atoms with E-state index >= 15 is 0 Å². The van der Waals surface area contributed by atoms with Crippen molar-refractivity contribution in [3.63, 3.8) is 0 Å². The highest BCUT2D eigenvalue weighted by molar-refractivity contribution is 9.10. The van der Waals surface area contributed by atoms with Gasteiger partial charge in [-0.15, -0.1) is 0 Å². The lowest BCUT2D eigenvalue weighted by Gasteiger charge is -2.44. The van der Waals surface area contributed by atoms with Gasteiger partial charge in [0.15, 0.2) is 0 Å². The van der Waals surface area contributed by atoms with Crippen molar-refractivity contribution in [1.29, 1.82) is 5.41 Å². The number of ether oxygens (including phenoxy) is 1. The molecule has 0 bridgehead atoms. The second-order valence-corrected chi connectivity index (χ2v) is 9.32. The van der Waals surface area contributed by atoms with Gasteiger partial charge in [0, 0.05) is 35.1 Å². The fourth-order valence-corrected chi connectivity index (χ4v) is 4.79. The average Bonchev–Trinajstić information content (AvgIpc) is 2.74. The van der Waals surface area contributed by atoms with Crippen LogP contribution in [0.3, 0.4) is 0 Å². The van der Waals surface area contributed by atoms with Crippen LogP contribution in [0.5, 0.6) is 0 Å². The number of hydrogen-bond donors (Lipinski definition) is 2. The highest BCUT2D eigenvalue weighted by atomic mass is 79.9. The molecule has 1 fully saturated rings. The Morgan fingerprint density at radius 1 is 1.31 bits per heavy atom. The molecule has 1 aliphatic carbocycles. The molecule has 3 aliphatic rings.